The Morgan fingerprint density at radius 3 is 1.93 bits per heavy atom. The number of rotatable bonds is 7. The van der Waals surface area contributed by atoms with E-state index in [2.05, 4.69) is 10.6 Å². The molecule has 3 rings (SSSR count). The van der Waals surface area contributed by atoms with Gasteiger partial charge >= 0.3 is 5.97 Å². The minimum atomic E-state index is -1.03. The second kappa shape index (κ2) is 9.85. The summed E-state index contributed by atoms with van der Waals surface area (Å²) in [6, 6.07) is 25.1. The molecule has 0 heterocycles. The quantitative estimate of drug-likeness (QED) is 0.608. The van der Waals surface area contributed by atoms with Crippen LogP contribution in [0.15, 0.2) is 91.0 Å². The first-order valence-corrected chi connectivity index (χ1v) is 9.06. The lowest BCUT2D eigenvalue weighted by atomic mass is 10.1. The molecule has 3 aromatic carbocycles. The van der Waals surface area contributed by atoms with Gasteiger partial charge < -0.3 is 15.4 Å². The Balaban J connectivity index is 1.66. The van der Waals surface area contributed by atoms with E-state index in [0.29, 0.717) is 16.8 Å². The third-order valence-corrected chi connectivity index (χ3v) is 4.08. The number of ether oxygens (including phenoxy) is 1. The van der Waals surface area contributed by atoms with E-state index in [1.54, 1.807) is 84.9 Å². The van der Waals surface area contributed by atoms with Gasteiger partial charge in [-0.25, -0.2) is 4.79 Å². The van der Waals surface area contributed by atoms with Gasteiger partial charge in [0, 0.05) is 11.3 Å². The second-order valence-electron chi connectivity index (χ2n) is 6.21. The van der Waals surface area contributed by atoms with E-state index in [1.165, 1.54) is 0 Å². The summed E-state index contributed by atoms with van der Waals surface area (Å²) >= 11 is 0. The van der Waals surface area contributed by atoms with Crippen molar-refractivity contribution < 1.29 is 19.1 Å². The lowest BCUT2D eigenvalue weighted by molar-refractivity contribution is -0.149. The number of hydrogen-bond acceptors (Lipinski definition) is 4. The fourth-order valence-corrected chi connectivity index (χ4v) is 2.67. The number of hydrogen-bond donors (Lipinski definition) is 2. The molecule has 6 heteroatoms. The smallest absolute Gasteiger partial charge is 0.333 e. The number of nitrogens with one attached hydrogen (secondary N) is 2. The molecule has 1 atom stereocenters. The first-order chi connectivity index (χ1) is 14.1. The van der Waals surface area contributed by atoms with Crippen molar-refractivity contribution in [2.45, 2.75) is 6.04 Å². The summed E-state index contributed by atoms with van der Waals surface area (Å²) in [5, 5.41) is 5.32. The standard InChI is InChI=1S/C23H20N2O4/c26-20(24-19-14-8-3-9-15-19)16-29-23(28)21(17-10-4-1-5-11-17)25-22(27)18-12-6-2-7-13-18/h1-15,21H,16H2,(H,24,26)(H,25,27)/t21-/m0/s1. The molecule has 0 saturated heterocycles. The molecular weight excluding hydrogens is 368 g/mol. The molecule has 3 aromatic rings. The summed E-state index contributed by atoms with van der Waals surface area (Å²) in [5.74, 6) is -1.60. The molecule has 6 nitrogen and oxygen atoms in total. The normalized spacial score (nSPS) is 11.2. The monoisotopic (exact) mass is 388 g/mol. The maximum Gasteiger partial charge on any atom is 0.333 e. The predicted molar refractivity (Wildman–Crippen MR) is 109 cm³/mol. The molecule has 0 unspecified atom stereocenters. The molecule has 0 aliphatic heterocycles. The van der Waals surface area contributed by atoms with Crippen LogP contribution in [0, 0.1) is 0 Å². The van der Waals surface area contributed by atoms with Crippen molar-refractivity contribution in [2.24, 2.45) is 0 Å². The van der Waals surface area contributed by atoms with Crippen LogP contribution in [-0.2, 0) is 14.3 Å². The molecule has 0 aliphatic carbocycles. The Labute approximate surface area is 168 Å². The maximum atomic E-state index is 12.7. The summed E-state index contributed by atoms with van der Waals surface area (Å²) in [5.41, 5.74) is 1.58. The van der Waals surface area contributed by atoms with Crippen molar-refractivity contribution >= 4 is 23.5 Å². The molecule has 0 radical (unpaired) electrons. The lowest BCUT2D eigenvalue weighted by Gasteiger charge is -2.18. The fourth-order valence-electron chi connectivity index (χ4n) is 2.67. The lowest BCUT2D eigenvalue weighted by Crippen LogP contribution is -2.36. The van der Waals surface area contributed by atoms with Crippen LogP contribution in [0.25, 0.3) is 0 Å². The van der Waals surface area contributed by atoms with Crippen molar-refractivity contribution in [3.63, 3.8) is 0 Å². The van der Waals surface area contributed by atoms with Crippen LogP contribution < -0.4 is 10.6 Å². The maximum absolute atomic E-state index is 12.7. The van der Waals surface area contributed by atoms with Crippen LogP contribution >= 0.6 is 0 Å². The summed E-state index contributed by atoms with van der Waals surface area (Å²) in [7, 11) is 0. The molecular formula is C23H20N2O4. The highest BCUT2D eigenvalue weighted by Crippen LogP contribution is 2.16. The number of benzene rings is 3. The molecule has 0 aromatic heterocycles. The van der Waals surface area contributed by atoms with Gasteiger partial charge in [0.1, 0.15) is 0 Å². The van der Waals surface area contributed by atoms with Gasteiger partial charge in [-0.05, 0) is 29.8 Å². The van der Waals surface area contributed by atoms with E-state index in [-0.39, 0.29) is 0 Å². The van der Waals surface area contributed by atoms with Crippen molar-refractivity contribution in [2.75, 3.05) is 11.9 Å². The Morgan fingerprint density at radius 1 is 0.759 bits per heavy atom. The topological polar surface area (TPSA) is 84.5 Å². The van der Waals surface area contributed by atoms with E-state index < -0.39 is 30.4 Å². The zero-order valence-corrected chi connectivity index (χ0v) is 15.6. The van der Waals surface area contributed by atoms with Gasteiger partial charge in [0.25, 0.3) is 11.8 Å². The Bertz CT molecular complexity index is 960. The number of para-hydroxylation sites is 1. The highest BCUT2D eigenvalue weighted by molar-refractivity contribution is 5.97. The molecule has 2 amide bonds. The van der Waals surface area contributed by atoms with Crippen LogP contribution in [0.4, 0.5) is 5.69 Å². The van der Waals surface area contributed by atoms with Gasteiger partial charge in [-0.1, -0.05) is 66.7 Å². The Hall–Kier alpha value is -3.93. The number of amides is 2. The van der Waals surface area contributed by atoms with Crippen molar-refractivity contribution in [1.82, 2.24) is 5.32 Å². The zero-order chi connectivity index (χ0) is 20.5. The molecule has 0 fully saturated rings. The summed E-state index contributed by atoms with van der Waals surface area (Å²) in [6.07, 6.45) is 0. The van der Waals surface area contributed by atoms with Crippen LogP contribution in [0.2, 0.25) is 0 Å². The van der Waals surface area contributed by atoms with Crippen LogP contribution in [0.1, 0.15) is 22.0 Å². The highest BCUT2D eigenvalue weighted by atomic mass is 16.5. The van der Waals surface area contributed by atoms with Gasteiger partial charge in [0.2, 0.25) is 0 Å². The zero-order valence-electron chi connectivity index (χ0n) is 15.6. The van der Waals surface area contributed by atoms with E-state index in [1.807, 2.05) is 6.07 Å². The van der Waals surface area contributed by atoms with Gasteiger partial charge in [-0.15, -0.1) is 0 Å². The molecule has 0 saturated carbocycles. The van der Waals surface area contributed by atoms with E-state index in [0.717, 1.165) is 0 Å². The average Bonchev–Trinajstić information content (AvgIpc) is 2.77. The number of carbonyl (C=O) groups excluding carboxylic acids is 3. The van der Waals surface area contributed by atoms with Crippen LogP contribution in [0.3, 0.4) is 0 Å². The van der Waals surface area contributed by atoms with E-state index >= 15 is 0 Å². The third kappa shape index (κ3) is 5.77. The Kier molecular flexibility index (Phi) is 6.73. The van der Waals surface area contributed by atoms with Gasteiger partial charge in [-0.2, -0.15) is 0 Å². The SMILES string of the molecule is O=C(COC(=O)[C@@H](NC(=O)c1ccccc1)c1ccccc1)Nc1ccccc1. The molecule has 29 heavy (non-hydrogen) atoms. The minimum Gasteiger partial charge on any atom is -0.454 e. The largest absolute Gasteiger partial charge is 0.454 e. The van der Waals surface area contributed by atoms with Crippen LogP contribution in [0.5, 0.6) is 0 Å². The van der Waals surface area contributed by atoms with Gasteiger partial charge in [0.15, 0.2) is 12.6 Å². The van der Waals surface area contributed by atoms with E-state index in [4.69, 9.17) is 4.74 Å². The molecule has 0 bridgehead atoms. The third-order valence-electron chi connectivity index (χ3n) is 4.08. The first-order valence-electron chi connectivity index (χ1n) is 9.06. The summed E-state index contributed by atoms with van der Waals surface area (Å²) in [6.45, 7) is -0.460. The fraction of sp³-hybridized carbons (Fsp3) is 0.0870. The van der Waals surface area contributed by atoms with Crippen molar-refractivity contribution in [3.05, 3.63) is 102 Å². The summed E-state index contributed by atoms with van der Waals surface area (Å²) < 4.78 is 5.16. The summed E-state index contributed by atoms with van der Waals surface area (Å²) in [4.78, 5) is 37.2. The number of esters is 1. The molecule has 2 N–H and O–H groups in total. The minimum absolute atomic E-state index is 0.412. The van der Waals surface area contributed by atoms with Crippen molar-refractivity contribution in [1.29, 1.82) is 0 Å². The second-order valence-corrected chi connectivity index (χ2v) is 6.21. The van der Waals surface area contributed by atoms with Crippen LogP contribution in [-0.4, -0.2) is 24.4 Å². The molecule has 146 valence electrons. The highest BCUT2D eigenvalue weighted by Gasteiger charge is 2.25. The Morgan fingerprint density at radius 2 is 1.31 bits per heavy atom. The predicted octanol–water partition coefficient (Wildman–Crippen LogP) is 3.34. The van der Waals surface area contributed by atoms with Gasteiger partial charge in [-0.3, -0.25) is 9.59 Å². The van der Waals surface area contributed by atoms with Gasteiger partial charge in [0.05, 0.1) is 0 Å². The van der Waals surface area contributed by atoms with Crippen molar-refractivity contribution in [3.8, 4) is 0 Å². The van der Waals surface area contributed by atoms with E-state index in [9.17, 15) is 14.4 Å². The number of anilines is 1. The first kappa shape index (κ1) is 19.8. The molecule has 0 aliphatic rings. The molecule has 0 spiro atoms. The average molecular weight is 388 g/mol. The number of carbonyl (C=O) groups is 3.